The smallest absolute Gasteiger partial charge is 0.130 e. The Kier molecular flexibility index (Phi) is 3.07. The third-order valence-corrected chi connectivity index (χ3v) is 2.28. The predicted molar refractivity (Wildman–Crippen MR) is 48.7 cm³/mol. The molecule has 1 aromatic carbocycles. The molecule has 1 unspecified atom stereocenters. The molecule has 0 radical (unpaired) electrons. The maximum absolute atomic E-state index is 13.0. The van der Waals surface area contributed by atoms with E-state index < -0.39 is 10.6 Å². The Bertz CT molecular complexity index is 334. The molecule has 1 rings (SSSR count). The second kappa shape index (κ2) is 3.88. The second-order valence-electron chi connectivity index (χ2n) is 2.16. The van der Waals surface area contributed by atoms with Crippen molar-refractivity contribution in [3.05, 3.63) is 34.6 Å². The van der Waals surface area contributed by atoms with E-state index in [0.717, 1.165) is 0 Å². The van der Waals surface area contributed by atoms with Gasteiger partial charge in [-0.3, -0.25) is 0 Å². The lowest BCUT2D eigenvalue weighted by molar-refractivity contribution is 0.615. The standard InChI is InChI=1S/C8H4BrClFN/c9-7(4-12)6-2-1-5(10)3-8(6)11/h1-3,7H. The second-order valence-corrected chi connectivity index (χ2v) is 3.51. The van der Waals surface area contributed by atoms with Gasteiger partial charge in [0.05, 0.1) is 6.07 Å². The van der Waals surface area contributed by atoms with E-state index in [9.17, 15) is 4.39 Å². The number of benzene rings is 1. The van der Waals surface area contributed by atoms with Gasteiger partial charge in [-0.2, -0.15) is 5.26 Å². The highest BCUT2D eigenvalue weighted by molar-refractivity contribution is 9.09. The molecule has 0 N–H and O–H groups in total. The lowest BCUT2D eigenvalue weighted by atomic mass is 10.1. The van der Waals surface area contributed by atoms with E-state index in [1.807, 2.05) is 6.07 Å². The van der Waals surface area contributed by atoms with Gasteiger partial charge in [-0.15, -0.1) is 0 Å². The monoisotopic (exact) mass is 247 g/mol. The third kappa shape index (κ3) is 1.96. The minimum atomic E-state index is -0.616. The molecule has 0 saturated carbocycles. The molecule has 1 nitrogen and oxygen atoms in total. The fraction of sp³-hybridized carbons (Fsp3) is 0.125. The van der Waals surface area contributed by atoms with Crippen LogP contribution >= 0.6 is 27.5 Å². The largest absolute Gasteiger partial charge is 0.207 e. The molecule has 0 aliphatic carbocycles. The van der Waals surface area contributed by atoms with E-state index in [4.69, 9.17) is 16.9 Å². The number of rotatable bonds is 1. The summed E-state index contributed by atoms with van der Waals surface area (Å²) in [6.45, 7) is 0. The van der Waals surface area contributed by atoms with Gasteiger partial charge in [0.2, 0.25) is 0 Å². The minimum Gasteiger partial charge on any atom is -0.207 e. The van der Waals surface area contributed by atoms with Gasteiger partial charge in [-0.1, -0.05) is 33.6 Å². The molecule has 0 aliphatic rings. The maximum atomic E-state index is 13.0. The van der Waals surface area contributed by atoms with Crippen LogP contribution in [-0.2, 0) is 0 Å². The van der Waals surface area contributed by atoms with Crippen LogP contribution in [-0.4, -0.2) is 0 Å². The first-order valence-electron chi connectivity index (χ1n) is 3.14. The van der Waals surface area contributed by atoms with E-state index in [0.29, 0.717) is 10.6 Å². The zero-order valence-corrected chi connectivity index (χ0v) is 8.23. The number of hydrogen-bond acceptors (Lipinski definition) is 1. The summed E-state index contributed by atoms with van der Waals surface area (Å²) >= 11 is 8.54. The topological polar surface area (TPSA) is 23.8 Å². The molecule has 1 aromatic rings. The van der Waals surface area contributed by atoms with Crippen LogP contribution in [0.2, 0.25) is 5.02 Å². The van der Waals surface area contributed by atoms with Gasteiger partial charge in [0, 0.05) is 10.6 Å². The zero-order valence-electron chi connectivity index (χ0n) is 5.89. The summed E-state index contributed by atoms with van der Waals surface area (Å²) in [5.41, 5.74) is 0.307. The molecule has 4 heteroatoms. The van der Waals surface area contributed by atoms with Crippen LogP contribution in [0.4, 0.5) is 4.39 Å². The van der Waals surface area contributed by atoms with Crippen molar-refractivity contribution >= 4 is 27.5 Å². The summed E-state index contributed by atoms with van der Waals surface area (Å²) in [7, 11) is 0. The van der Waals surface area contributed by atoms with Crippen LogP contribution in [0.15, 0.2) is 18.2 Å². The fourth-order valence-corrected chi connectivity index (χ4v) is 1.31. The van der Waals surface area contributed by atoms with Gasteiger partial charge < -0.3 is 0 Å². The Morgan fingerprint density at radius 3 is 2.75 bits per heavy atom. The molecule has 62 valence electrons. The molecular formula is C8H4BrClFN. The average Bonchev–Trinajstić information content (AvgIpc) is 2.03. The van der Waals surface area contributed by atoms with Gasteiger partial charge in [0.15, 0.2) is 0 Å². The van der Waals surface area contributed by atoms with E-state index in [2.05, 4.69) is 15.9 Å². The molecule has 0 amide bonds. The number of nitrogens with zero attached hydrogens (tertiary/aromatic N) is 1. The SMILES string of the molecule is N#CC(Br)c1ccc(Cl)cc1F. The van der Waals surface area contributed by atoms with Crippen molar-refractivity contribution in [2.75, 3.05) is 0 Å². The number of alkyl halides is 1. The van der Waals surface area contributed by atoms with Crippen LogP contribution in [0.3, 0.4) is 0 Å². The highest BCUT2D eigenvalue weighted by atomic mass is 79.9. The highest BCUT2D eigenvalue weighted by Gasteiger charge is 2.11. The molecule has 0 fully saturated rings. The number of halogens is 3. The number of hydrogen-bond donors (Lipinski definition) is 0. The Morgan fingerprint density at radius 1 is 1.58 bits per heavy atom. The Hall–Kier alpha value is -0.590. The van der Waals surface area contributed by atoms with Crippen LogP contribution < -0.4 is 0 Å². The van der Waals surface area contributed by atoms with Crippen molar-refractivity contribution in [2.24, 2.45) is 0 Å². The molecule has 1 atom stereocenters. The summed E-state index contributed by atoms with van der Waals surface area (Å²) in [6.07, 6.45) is 0. The first-order chi connectivity index (χ1) is 5.65. The van der Waals surface area contributed by atoms with E-state index in [1.165, 1.54) is 12.1 Å². The Balaban J connectivity index is 3.11. The van der Waals surface area contributed by atoms with Crippen LogP contribution in [0, 0.1) is 17.1 Å². The van der Waals surface area contributed by atoms with Crippen molar-refractivity contribution in [2.45, 2.75) is 4.83 Å². The Morgan fingerprint density at radius 2 is 2.25 bits per heavy atom. The molecule has 0 bridgehead atoms. The first-order valence-corrected chi connectivity index (χ1v) is 4.43. The molecule has 0 spiro atoms. The minimum absolute atomic E-state index is 0.307. The molecule has 0 saturated heterocycles. The predicted octanol–water partition coefficient (Wildman–Crippen LogP) is 3.44. The van der Waals surface area contributed by atoms with Gasteiger partial charge in [-0.05, 0) is 12.1 Å². The molecule has 0 aromatic heterocycles. The quantitative estimate of drug-likeness (QED) is 0.699. The molecule has 0 heterocycles. The van der Waals surface area contributed by atoms with E-state index in [-0.39, 0.29) is 0 Å². The van der Waals surface area contributed by atoms with Crippen LogP contribution in [0.25, 0.3) is 0 Å². The van der Waals surface area contributed by atoms with Crippen molar-refractivity contribution in [3.8, 4) is 6.07 Å². The van der Waals surface area contributed by atoms with Gasteiger partial charge in [-0.25, -0.2) is 4.39 Å². The van der Waals surface area contributed by atoms with Gasteiger partial charge >= 0.3 is 0 Å². The van der Waals surface area contributed by atoms with E-state index in [1.54, 1.807) is 6.07 Å². The van der Waals surface area contributed by atoms with Crippen molar-refractivity contribution in [1.29, 1.82) is 5.26 Å². The first kappa shape index (κ1) is 9.50. The van der Waals surface area contributed by atoms with Gasteiger partial charge in [0.25, 0.3) is 0 Å². The van der Waals surface area contributed by atoms with Crippen molar-refractivity contribution in [1.82, 2.24) is 0 Å². The highest BCUT2D eigenvalue weighted by Crippen LogP contribution is 2.26. The molecule has 0 aliphatic heterocycles. The average molecular weight is 248 g/mol. The fourth-order valence-electron chi connectivity index (χ4n) is 0.777. The van der Waals surface area contributed by atoms with Crippen molar-refractivity contribution < 1.29 is 4.39 Å². The van der Waals surface area contributed by atoms with Crippen LogP contribution in [0.5, 0.6) is 0 Å². The number of nitriles is 1. The Labute approximate surface area is 82.9 Å². The summed E-state index contributed by atoms with van der Waals surface area (Å²) < 4.78 is 13.0. The summed E-state index contributed by atoms with van der Waals surface area (Å²) in [5.74, 6) is -0.467. The lowest BCUT2D eigenvalue weighted by Gasteiger charge is -2.02. The zero-order chi connectivity index (χ0) is 9.14. The summed E-state index contributed by atoms with van der Waals surface area (Å²) in [4.78, 5) is -0.616. The van der Waals surface area contributed by atoms with Gasteiger partial charge in [0.1, 0.15) is 10.6 Å². The third-order valence-electron chi connectivity index (χ3n) is 1.35. The molecule has 12 heavy (non-hydrogen) atoms. The summed E-state index contributed by atoms with van der Waals surface area (Å²) in [5, 5.41) is 8.81. The lowest BCUT2D eigenvalue weighted by Crippen LogP contribution is -1.90. The van der Waals surface area contributed by atoms with Crippen LogP contribution in [0.1, 0.15) is 10.4 Å². The normalized spacial score (nSPS) is 12.2. The van der Waals surface area contributed by atoms with E-state index >= 15 is 0 Å². The maximum Gasteiger partial charge on any atom is 0.130 e. The van der Waals surface area contributed by atoms with Crippen molar-refractivity contribution in [3.63, 3.8) is 0 Å². The molecular weight excluding hydrogens is 244 g/mol. The summed E-state index contributed by atoms with van der Waals surface area (Å²) in [6, 6.07) is 6.09.